The minimum Gasteiger partial charge on any atom is -0.310 e. The molecule has 1 nitrogen and oxygen atoms in total. The third kappa shape index (κ3) is 6.40. The topological polar surface area (TPSA) is 3.24 Å². The largest absolute Gasteiger partial charge is 0.310 e. The molecule has 11 aromatic rings. The van der Waals surface area contributed by atoms with E-state index in [9.17, 15) is 0 Å². The molecule has 0 unspecified atom stereocenters. The summed E-state index contributed by atoms with van der Waals surface area (Å²) < 4.78 is 0. The van der Waals surface area contributed by atoms with Crippen molar-refractivity contribution in [2.24, 2.45) is 0 Å². The van der Waals surface area contributed by atoms with Crippen molar-refractivity contribution in [2.75, 3.05) is 4.90 Å². The Kier molecular flexibility index (Phi) is 8.56. The summed E-state index contributed by atoms with van der Waals surface area (Å²) in [6, 6.07) is 86.4. The third-order valence-electron chi connectivity index (χ3n) is 11.8. The summed E-state index contributed by atoms with van der Waals surface area (Å²) in [6.07, 6.45) is 0. The summed E-state index contributed by atoms with van der Waals surface area (Å²) in [5.74, 6) is 0. The van der Waals surface area contributed by atoms with Gasteiger partial charge in [0, 0.05) is 16.9 Å². The normalized spacial score (nSPS) is 11.4. The molecule has 11 aromatic carbocycles. The Hall–Kier alpha value is -7.74. The molecule has 0 aliphatic carbocycles. The molecule has 0 aliphatic heterocycles. The standard InChI is InChI=1S/C58H39N/c1-2-14-43(15-3-1)54-35-30-49(48-25-23-41-13-5-7-17-46(41)37-48)39-58(54)59(51-31-26-42(27-32-51)47-24-22-40-12-4-6-16-45(40)36-47)52-33-28-44(29-34-52)57-38-50-18-8-9-19-53(50)55-20-10-11-21-56(55)57/h1-39H. The van der Waals surface area contributed by atoms with Crippen molar-refractivity contribution in [3.63, 3.8) is 0 Å². The first-order valence-corrected chi connectivity index (χ1v) is 20.3. The minimum atomic E-state index is 1.09. The van der Waals surface area contributed by atoms with Crippen molar-refractivity contribution in [1.29, 1.82) is 0 Å². The summed E-state index contributed by atoms with van der Waals surface area (Å²) in [7, 11) is 0. The summed E-state index contributed by atoms with van der Waals surface area (Å²) in [5.41, 5.74) is 12.8. The lowest BCUT2D eigenvalue weighted by atomic mass is 9.93. The van der Waals surface area contributed by atoms with Gasteiger partial charge in [-0.3, -0.25) is 0 Å². The van der Waals surface area contributed by atoms with Gasteiger partial charge in [0.2, 0.25) is 0 Å². The molecule has 276 valence electrons. The van der Waals surface area contributed by atoms with Crippen molar-refractivity contribution in [1.82, 2.24) is 0 Å². The van der Waals surface area contributed by atoms with Crippen LogP contribution in [0.3, 0.4) is 0 Å². The van der Waals surface area contributed by atoms with Gasteiger partial charge >= 0.3 is 0 Å². The Morgan fingerprint density at radius 3 is 1.31 bits per heavy atom. The summed E-state index contributed by atoms with van der Waals surface area (Å²) >= 11 is 0. The van der Waals surface area contributed by atoms with Crippen LogP contribution >= 0.6 is 0 Å². The fourth-order valence-electron chi connectivity index (χ4n) is 8.81. The number of nitrogens with zero attached hydrogens (tertiary/aromatic N) is 1. The number of hydrogen-bond donors (Lipinski definition) is 0. The Bertz CT molecular complexity index is 3310. The second kappa shape index (κ2) is 14.6. The quantitative estimate of drug-likeness (QED) is 0.147. The van der Waals surface area contributed by atoms with E-state index >= 15 is 0 Å². The van der Waals surface area contributed by atoms with Crippen molar-refractivity contribution < 1.29 is 0 Å². The predicted octanol–water partition coefficient (Wildman–Crippen LogP) is 16.4. The van der Waals surface area contributed by atoms with E-state index in [2.05, 4.69) is 241 Å². The van der Waals surface area contributed by atoms with Gasteiger partial charge in [-0.05, 0) is 131 Å². The molecule has 0 radical (unpaired) electrons. The molecule has 0 saturated carbocycles. The fourth-order valence-corrected chi connectivity index (χ4v) is 8.81. The maximum Gasteiger partial charge on any atom is 0.0546 e. The smallest absolute Gasteiger partial charge is 0.0546 e. The van der Waals surface area contributed by atoms with Gasteiger partial charge in [0.1, 0.15) is 0 Å². The molecule has 11 rings (SSSR count). The number of fused-ring (bicyclic) bond motifs is 5. The van der Waals surface area contributed by atoms with E-state index in [1.807, 2.05) is 0 Å². The molecule has 0 aromatic heterocycles. The molecule has 0 amide bonds. The second-order valence-corrected chi connectivity index (χ2v) is 15.3. The van der Waals surface area contributed by atoms with E-state index in [1.165, 1.54) is 87.6 Å². The average Bonchev–Trinajstić information content (AvgIpc) is 3.32. The Morgan fingerprint density at radius 2 is 0.661 bits per heavy atom. The van der Waals surface area contributed by atoms with Crippen LogP contribution in [0.4, 0.5) is 17.1 Å². The van der Waals surface area contributed by atoms with E-state index in [-0.39, 0.29) is 0 Å². The molecule has 0 fully saturated rings. The zero-order valence-electron chi connectivity index (χ0n) is 32.5. The number of rotatable bonds is 7. The van der Waals surface area contributed by atoms with E-state index < -0.39 is 0 Å². The zero-order valence-corrected chi connectivity index (χ0v) is 32.5. The monoisotopic (exact) mass is 749 g/mol. The lowest BCUT2D eigenvalue weighted by Gasteiger charge is -2.29. The van der Waals surface area contributed by atoms with Crippen LogP contribution in [-0.2, 0) is 0 Å². The number of benzene rings is 11. The molecule has 0 saturated heterocycles. The van der Waals surface area contributed by atoms with E-state index in [1.54, 1.807) is 0 Å². The maximum absolute atomic E-state index is 2.43. The third-order valence-corrected chi connectivity index (χ3v) is 11.8. The van der Waals surface area contributed by atoms with Gasteiger partial charge in [0.15, 0.2) is 0 Å². The molecule has 0 spiro atoms. The van der Waals surface area contributed by atoms with Crippen molar-refractivity contribution in [2.45, 2.75) is 0 Å². The first-order valence-electron chi connectivity index (χ1n) is 20.3. The summed E-state index contributed by atoms with van der Waals surface area (Å²) in [4.78, 5) is 2.43. The van der Waals surface area contributed by atoms with Crippen molar-refractivity contribution in [3.8, 4) is 44.5 Å². The highest BCUT2D eigenvalue weighted by atomic mass is 15.1. The Balaban J connectivity index is 1.09. The van der Waals surface area contributed by atoms with Gasteiger partial charge in [0.25, 0.3) is 0 Å². The minimum absolute atomic E-state index is 1.09. The van der Waals surface area contributed by atoms with Gasteiger partial charge in [-0.1, -0.05) is 188 Å². The van der Waals surface area contributed by atoms with Gasteiger partial charge in [0.05, 0.1) is 5.69 Å². The fraction of sp³-hybridized carbons (Fsp3) is 0. The van der Waals surface area contributed by atoms with Gasteiger partial charge in [-0.2, -0.15) is 0 Å². The second-order valence-electron chi connectivity index (χ2n) is 15.3. The number of anilines is 3. The van der Waals surface area contributed by atoms with Crippen LogP contribution in [0.2, 0.25) is 0 Å². The molecular weight excluding hydrogens is 711 g/mol. The first-order chi connectivity index (χ1) is 29.2. The molecular formula is C58H39N. The van der Waals surface area contributed by atoms with Crippen LogP contribution in [0.25, 0.3) is 87.6 Å². The molecule has 0 N–H and O–H groups in total. The molecule has 0 atom stereocenters. The van der Waals surface area contributed by atoms with Crippen LogP contribution < -0.4 is 4.90 Å². The highest BCUT2D eigenvalue weighted by Gasteiger charge is 2.20. The first kappa shape index (κ1) is 34.5. The summed E-state index contributed by atoms with van der Waals surface area (Å²) in [6.45, 7) is 0. The van der Waals surface area contributed by atoms with Crippen molar-refractivity contribution >= 4 is 60.2 Å². The highest BCUT2D eigenvalue weighted by molar-refractivity contribution is 6.13. The Labute approximate surface area is 344 Å². The van der Waals surface area contributed by atoms with Crippen LogP contribution in [0.1, 0.15) is 0 Å². The van der Waals surface area contributed by atoms with Crippen LogP contribution in [-0.4, -0.2) is 0 Å². The molecule has 59 heavy (non-hydrogen) atoms. The zero-order chi connectivity index (χ0) is 39.1. The summed E-state index contributed by atoms with van der Waals surface area (Å²) in [5, 5.41) is 10.0. The average molecular weight is 750 g/mol. The van der Waals surface area contributed by atoms with Crippen LogP contribution in [0.15, 0.2) is 237 Å². The van der Waals surface area contributed by atoms with Crippen LogP contribution in [0.5, 0.6) is 0 Å². The van der Waals surface area contributed by atoms with E-state index in [4.69, 9.17) is 0 Å². The molecule has 0 bridgehead atoms. The Morgan fingerprint density at radius 1 is 0.220 bits per heavy atom. The van der Waals surface area contributed by atoms with Gasteiger partial charge in [-0.15, -0.1) is 0 Å². The lowest BCUT2D eigenvalue weighted by molar-refractivity contribution is 1.28. The molecule has 1 heteroatoms. The SMILES string of the molecule is c1ccc(-c2ccc(-c3ccc4ccccc4c3)cc2N(c2ccc(-c3ccc4ccccc4c3)cc2)c2ccc(-c3cc4ccccc4c4ccccc34)cc2)cc1. The predicted molar refractivity (Wildman–Crippen MR) is 253 cm³/mol. The highest BCUT2D eigenvalue weighted by Crippen LogP contribution is 2.45. The van der Waals surface area contributed by atoms with Gasteiger partial charge < -0.3 is 4.90 Å². The van der Waals surface area contributed by atoms with Crippen LogP contribution in [0, 0.1) is 0 Å². The number of hydrogen-bond acceptors (Lipinski definition) is 1. The lowest BCUT2D eigenvalue weighted by Crippen LogP contribution is -2.11. The molecule has 0 aliphatic rings. The van der Waals surface area contributed by atoms with Gasteiger partial charge in [-0.25, -0.2) is 0 Å². The maximum atomic E-state index is 2.43. The van der Waals surface area contributed by atoms with Crippen molar-refractivity contribution in [3.05, 3.63) is 237 Å². The molecule has 0 heterocycles. The van der Waals surface area contributed by atoms with E-state index in [0.29, 0.717) is 0 Å². The van der Waals surface area contributed by atoms with E-state index in [0.717, 1.165) is 17.1 Å².